The van der Waals surface area contributed by atoms with Crippen molar-refractivity contribution in [2.45, 2.75) is 44.8 Å². The Morgan fingerprint density at radius 1 is 1.40 bits per heavy atom. The number of ether oxygens (including phenoxy) is 2. The minimum absolute atomic E-state index is 0.0121. The molecule has 5 heteroatoms. The Kier molecular flexibility index (Phi) is 5.37. The number of methoxy groups -OCH3 is 1. The fourth-order valence-electron chi connectivity index (χ4n) is 2.52. The third-order valence-electron chi connectivity index (χ3n) is 3.94. The van der Waals surface area contributed by atoms with Crippen LogP contribution in [0.5, 0.6) is 5.75 Å². The second-order valence-electron chi connectivity index (χ2n) is 5.45. The van der Waals surface area contributed by atoms with Crippen LogP contribution in [0.15, 0.2) is 21.1 Å². The highest BCUT2D eigenvalue weighted by Crippen LogP contribution is 2.36. The predicted octanol–water partition coefficient (Wildman–Crippen LogP) is 4.98. The molecule has 2 atom stereocenters. The van der Waals surface area contributed by atoms with E-state index < -0.39 is 0 Å². The van der Waals surface area contributed by atoms with E-state index in [9.17, 15) is 0 Å². The fraction of sp³-hybridized carbons (Fsp3) is 0.600. The van der Waals surface area contributed by atoms with Gasteiger partial charge in [0.15, 0.2) is 0 Å². The highest BCUT2D eigenvalue weighted by Gasteiger charge is 2.31. The van der Waals surface area contributed by atoms with E-state index in [0.717, 1.165) is 46.3 Å². The molecule has 1 aliphatic rings. The fourth-order valence-corrected chi connectivity index (χ4v) is 3.79. The molecule has 0 aromatic heterocycles. The number of benzene rings is 1. The van der Waals surface area contributed by atoms with Crippen LogP contribution in [0.1, 0.15) is 33.1 Å². The minimum Gasteiger partial charge on any atom is -0.495 e. The lowest BCUT2D eigenvalue weighted by atomic mass is 9.90. The Morgan fingerprint density at radius 3 is 2.80 bits per heavy atom. The van der Waals surface area contributed by atoms with Crippen molar-refractivity contribution in [3.63, 3.8) is 0 Å². The lowest BCUT2D eigenvalue weighted by Crippen LogP contribution is -2.41. The second-order valence-corrected chi connectivity index (χ2v) is 7.16. The van der Waals surface area contributed by atoms with Gasteiger partial charge in [0.05, 0.1) is 22.9 Å². The largest absolute Gasteiger partial charge is 0.495 e. The summed E-state index contributed by atoms with van der Waals surface area (Å²) in [4.78, 5) is 0. The van der Waals surface area contributed by atoms with E-state index >= 15 is 0 Å². The van der Waals surface area contributed by atoms with E-state index in [0.29, 0.717) is 6.04 Å². The summed E-state index contributed by atoms with van der Waals surface area (Å²) >= 11 is 7.10. The van der Waals surface area contributed by atoms with Crippen molar-refractivity contribution >= 4 is 37.5 Å². The van der Waals surface area contributed by atoms with E-state index in [2.05, 4.69) is 51.0 Å². The molecule has 0 aliphatic carbocycles. The minimum atomic E-state index is -0.0121. The third kappa shape index (κ3) is 3.68. The molecule has 2 rings (SSSR count). The van der Waals surface area contributed by atoms with Gasteiger partial charge in [0.2, 0.25) is 0 Å². The maximum absolute atomic E-state index is 5.89. The van der Waals surface area contributed by atoms with Crippen molar-refractivity contribution in [2.24, 2.45) is 0 Å². The molecule has 0 saturated carbocycles. The molecule has 3 nitrogen and oxygen atoms in total. The zero-order chi connectivity index (χ0) is 14.8. The normalized spacial score (nSPS) is 26.4. The van der Waals surface area contributed by atoms with E-state index in [-0.39, 0.29) is 5.60 Å². The van der Waals surface area contributed by atoms with Crippen LogP contribution in [0.2, 0.25) is 0 Å². The van der Waals surface area contributed by atoms with Crippen LogP contribution < -0.4 is 10.1 Å². The van der Waals surface area contributed by atoms with Gasteiger partial charge >= 0.3 is 0 Å². The summed E-state index contributed by atoms with van der Waals surface area (Å²) in [6, 6.07) is 4.46. The average Bonchev–Trinajstić information content (AvgIpc) is 2.42. The molecule has 1 fully saturated rings. The van der Waals surface area contributed by atoms with Crippen molar-refractivity contribution in [1.29, 1.82) is 0 Å². The summed E-state index contributed by atoms with van der Waals surface area (Å²) in [5.74, 6) is 0.834. The van der Waals surface area contributed by atoms with E-state index in [1.165, 1.54) is 0 Å². The molecule has 1 N–H and O–H groups in total. The monoisotopic (exact) mass is 405 g/mol. The van der Waals surface area contributed by atoms with Gasteiger partial charge in [-0.05, 0) is 64.1 Å². The van der Waals surface area contributed by atoms with E-state index in [4.69, 9.17) is 9.47 Å². The number of hydrogen-bond acceptors (Lipinski definition) is 3. The smallest absolute Gasteiger partial charge is 0.135 e. The number of rotatable bonds is 4. The molecule has 0 bridgehead atoms. The summed E-state index contributed by atoms with van der Waals surface area (Å²) in [7, 11) is 1.68. The summed E-state index contributed by atoms with van der Waals surface area (Å²) in [5.41, 5.74) is 1.05. The van der Waals surface area contributed by atoms with Gasteiger partial charge in [-0.1, -0.05) is 6.92 Å². The van der Waals surface area contributed by atoms with Crippen LogP contribution in [-0.2, 0) is 4.74 Å². The van der Waals surface area contributed by atoms with Gasteiger partial charge in [0, 0.05) is 23.2 Å². The van der Waals surface area contributed by atoms with E-state index in [1.807, 2.05) is 12.1 Å². The molecule has 1 aromatic rings. The maximum Gasteiger partial charge on any atom is 0.135 e. The van der Waals surface area contributed by atoms with Gasteiger partial charge in [0.1, 0.15) is 5.75 Å². The third-order valence-corrected chi connectivity index (χ3v) is 5.22. The topological polar surface area (TPSA) is 30.5 Å². The molecular weight excluding hydrogens is 386 g/mol. The molecule has 0 radical (unpaired) electrons. The Hall–Kier alpha value is -0.260. The molecule has 1 heterocycles. The van der Waals surface area contributed by atoms with Gasteiger partial charge < -0.3 is 14.8 Å². The Morgan fingerprint density at radius 2 is 2.15 bits per heavy atom. The zero-order valence-corrected chi connectivity index (χ0v) is 15.3. The predicted molar refractivity (Wildman–Crippen MR) is 89.7 cm³/mol. The molecule has 2 unspecified atom stereocenters. The lowest BCUT2D eigenvalue weighted by Gasteiger charge is -2.38. The summed E-state index contributed by atoms with van der Waals surface area (Å²) < 4.78 is 13.2. The number of anilines is 1. The molecule has 1 aromatic carbocycles. The Labute approximate surface area is 137 Å². The van der Waals surface area contributed by atoms with Crippen LogP contribution >= 0.6 is 31.9 Å². The van der Waals surface area contributed by atoms with Gasteiger partial charge in [-0.25, -0.2) is 0 Å². The maximum atomic E-state index is 5.89. The highest BCUT2D eigenvalue weighted by atomic mass is 79.9. The molecule has 1 aliphatic heterocycles. The van der Waals surface area contributed by atoms with E-state index in [1.54, 1.807) is 7.11 Å². The standard InChI is InChI=1S/C15H21Br2NO2/c1-4-15(2)9-10(5-6-20-15)18-13-8-14(19-3)12(17)7-11(13)16/h7-8,10,18H,4-6,9H2,1-3H3. The van der Waals surface area contributed by atoms with Crippen molar-refractivity contribution < 1.29 is 9.47 Å². The van der Waals surface area contributed by atoms with Crippen molar-refractivity contribution in [3.05, 3.63) is 21.1 Å². The second kappa shape index (κ2) is 6.67. The molecule has 20 heavy (non-hydrogen) atoms. The molecular formula is C15H21Br2NO2. The quantitative estimate of drug-likeness (QED) is 0.764. The van der Waals surface area contributed by atoms with Gasteiger partial charge in [-0.3, -0.25) is 0 Å². The van der Waals surface area contributed by atoms with Crippen molar-refractivity contribution in [1.82, 2.24) is 0 Å². The number of hydrogen-bond donors (Lipinski definition) is 1. The van der Waals surface area contributed by atoms with Crippen molar-refractivity contribution in [2.75, 3.05) is 19.0 Å². The Bertz CT molecular complexity index is 481. The highest BCUT2D eigenvalue weighted by molar-refractivity contribution is 9.11. The molecule has 112 valence electrons. The lowest BCUT2D eigenvalue weighted by molar-refractivity contribution is -0.0708. The summed E-state index contributed by atoms with van der Waals surface area (Å²) in [6.45, 7) is 5.19. The Balaban J connectivity index is 2.13. The summed E-state index contributed by atoms with van der Waals surface area (Å²) in [6.07, 6.45) is 3.09. The average molecular weight is 407 g/mol. The first-order valence-corrected chi connectivity index (χ1v) is 8.49. The van der Waals surface area contributed by atoms with Gasteiger partial charge in [-0.2, -0.15) is 0 Å². The van der Waals surface area contributed by atoms with Crippen LogP contribution in [0.3, 0.4) is 0 Å². The van der Waals surface area contributed by atoms with Crippen LogP contribution in [0.4, 0.5) is 5.69 Å². The molecule has 0 spiro atoms. The number of nitrogens with one attached hydrogen (secondary N) is 1. The molecule has 0 amide bonds. The van der Waals surface area contributed by atoms with Crippen LogP contribution in [-0.4, -0.2) is 25.4 Å². The molecule has 1 saturated heterocycles. The first kappa shape index (κ1) is 16.1. The zero-order valence-electron chi connectivity index (χ0n) is 12.1. The van der Waals surface area contributed by atoms with Gasteiger partial charge in [-0.15, -0.1) is 0 Å². The first-order chi connectivity index (χ1) is 9.47. The van der Waals surface area contributed by atoms with Crippen LogP contribution in [0.25, 0.3) is 0 Å². The first-order valence-electron chi connectivity index (χ1n) is 6.91. The van der Waals surface area contributed by atoms with Crippen LogP contribution in [0, 0.1) is 0 Å². The number of halogens is 2. The van der Waals surface area contributed by atoms with Crippen molar-refractivity contribution in [3.8, 4) is 5.75 Å². The SMILES string of the molecule is CCC1(C)CC(Nc2cc(OC)c(Br)cc2Br)CCO1. The van der Waals surface area contributed by atoms with Gasteiger partial charge in [0.25, 0.3) is 0 Å². The summed E-state index contributed by atoms with van der Waals surface area (Å²) in [5, 5.41) is 3.61.